The van der Waals surface area contributed by atoms with E-state index in [-0.39, 0.29) is 18.5 Å². The third-order valence-electron chi connectivity index (χ3n) is 3.83. The maximum Gasteiger partial charge on any atom is 0.333 e. The van der Waals surface area contributed by atoms with Crippen molar-refractivity contribution in [3.8, 4) is 0 Å². The quantitative estimate of drug-likeness (QED) is 0.767. The van der Waals surface area contributed by atoms with Crippen LogP contribution in [0.2, 0.25) is 0 Å². The molecule has 1 heterocycles. The highest BCUT2D eigenvalue weighted by Gasteiger charge is 2.41. The molecule has 0 fully saturated rings. The smallest absolute Gasteiger partial charge is 0.333 e. The first-order valence-corrected chi connectivity index (χ1v) is 8.22. The fraction of sp³-hybridized carbons (Fsp3) is 0.222. The molecule has 0 radical (unpaired) electrons. The summed E-state index contributed by atoms with van der Waals surface area (Å²) in [5, 5.41) is 0. The molecule has 2 aromatic carbocycles. The van der Waals surface area contributed by atoms with Crippen LogP contribution in [0.5, 0.6) is 0 Å². The lowest BCUT2D eigenvalue weighted by atomic mass is 10.0. The first kappa shape index (κ1) is 15.7. The third kappa shape index (κ3) is 3.01. The van der Waals surface area contributed by atoms with Gasteiger partial charge < -0.3 is 9.64 Å². The SMILES string of the molecule is CCOC(=O)C1c2ccccc2C(=O)N1Cc1ccc(Br)cc1. The highest BCUT2D eigenvalue weighted by atomic mass is 79.9. The number of hydrogen-bond donors (Lipinski definition) is 0. The van der Waals surface area contributed by atoms with Gasteiger partial charge in [0.1, 0.15) is 0 Å². The molecule has 0 bridgehead atoms. The molecule has 5 heteroatoms. The van der Waals surface area contributed by atoms with Crippen LogP contribution >= 0.6 is 15.9 Å². The Balaban J connectivity index is 1.95. The predicted molar refractivity (Wildman–Crippen MR) is 89.8 cm³/mol. The van der Waals surface area contributed by atoms with E-state index in [1.54, 1.807) is 17.9 Å². The molecule has 0 saturated carbocycles. The fourth-order valence-corrected chi connectivity index (χ4v) is 3.06. The molecule has 4 nitrogen and oxygen atoms in total. The normalized spacial score (nSPS) is 16.3. The van der Waals surface area contributed by atoms with E-state index in [1.165, 1.54) is 0 Å². The number of carbonyl (C=O) groups is 2. The number of nitrogens with zero attached hydrogens (tertiary/aromatic N) is 1. The Morgan fingerprint density at radius 2 is 1.87 bits per heavy atom. The van der Waals surface area contributed by atoms with Gasteiger partial charge in [0.15, 0.2) is 6.04 Å². The Morgan fingerprint density at radius 3 is 2.57 bits per heavy atom. The molecular formula is C18H16BrNO3. The number of ether oxygens (including phenoxy) is 1. The van der Waals surface area contributed by atoms with Gasteiger partial charge in [-0.3, -0.25) is 4.79 Å². The van der Waals surface area contributed by atoms with Crippen LogP contribution in [0.25, 0.3) is 0 Å². The molecule has 0 spiro atoms. The molecule has 1 amide bonds. The van der Waals surface area contributed by atoms with E-state index in [0.29, 0.717) is 17.7 Å². The zero-order valence-corrected chi connectivity index (χ0v) is 14.2. The number of hydrogen-bond acceptors (Lipinski definition) is 3. The van der Waals surface area contributed by atoms with Crippen molar-refractivity contribution in [2.75, 3.05) is 6.61 Å². The van der Waals surface area contributed by atoms with Crippen molar-refractivity contribution in [1.29, 1.82) is 0 Å². The summed E-state index contributed by atoms with van der Waals surface area (Å²) in [6, 6.07) is 14.2. The predicted octanol–water partition coefficient (Wildman–Crippen LogP) is 3.71. The molecule has 0 aromatic heterocycles. The van der Waals surface area contributed by atoms with Crippen molar-refractivity contribution in [1.82, 2.24) is 4.90 Å². The molecule has 1 atom stereocenters. The Kier molecular flexibility index (Phi) is 4.48. The van der Waals surface area contributed by atoms with E-state index in [2.05, 4.69) is 15.9 Å². The third-order valence-corrected chi connectivity index (χ3v) is 4.36. The highest BCUT2D eigenvalue weighted by molar-refractivity contribution is 9.10. The summed E-state index contributed by atoms with van der Waals surface area (Å²) in [6.45, 7) is 2.42. The maximum absolute atomic E-state index is 12.7. The summed E-state index contributed by atoms with van der Waals surface area (Å²) in [6.07, 6.45) is 0. The number of benzene rings is 2. The summed E-state index contributed by atoms with van der Waals surface area (Å²) in [7, 11) is 0. The van der Waals surface area contributed by atoms with E-state index in [4.69, 9.17) is 4.74 Å². The standard InChI is InChI=1S/C18H16BrNO3/c1-2-23-18(22)16-14-5-3-4-6-15(14)17(21)20(16)11-12-7-9-13(19)10-8-12/h3-10,16H,2,11H2,1H3. The molecule has 2 aromatic rings. The van der Waals surface area contributed by atoms with Gasteiger partial charge in [-0.05, 0) is 36.2 Å². The lowest BCUT2D eigenvalue weighted by Crippen LogP contribution is -2.33. The number of esters is 1. The van der Waals surface area contributed by atoms with E-state index in [9.17, 15) is 9.59 Å². The van der Waals surface area contributed by atoms with Gasteiger partial charge in [0.2, 0.25) is 0 Å². The van der Waals surface area contributed by atoms with Gasteiger partial charge in [-0.15, -0.1) is 0 Å². The van der Waals surface area contributed by atoms with Gasteiger partial charge in [-0.2, -0.15) is 0 Å². The number of fused-ring (bicyclic) bond motifs is 1. The van der Waals surface area contributed by atoms with Crippen molar-refractivity contribution >= 4 is 27.8 Å². The van der Waals surface area contributed by atoms with E-state index in [1.807, 2.05) is 42.5 Å². The van der Waals surface area contributed by atoms with Gasteiger partial charge in [-0.1, -0.05) is 46.3 Å². The lowest BCUT2D eigenvalue weighted by molar-refractivity contribution is -0.148. The first-order valence-electron chi connectivity index (χ1n) is 7.42. The average Bonchev–Trinajstić information content (AvgIpc) is 2.83. The zero-order valence-electron chi connectivity index (χ0n) is 12.7. The number of halogens is 1. The van der Waals surface area contributed by atoms with Crippen LogP contribution in [0.4, 0.5) is 0 Å². The first-order chi connectivity index (χ1) is 11.1. The van der Waals surface area contributed by atoms with Crippen LogP contribution in [0.3, 0.4) is 0 Å². The lowest BCUT2D eigenvalue weighted by Gasteiger charge is -2.24. The van der Waals surface area contributed by atoms with Crippen LogP contribution < -0.4 is 0 Å². The Hall–Kier alpha value is -2.14. The van der Waals surface area contributed by atoms with Gasteiger partial charge in [-0.25, -0.2) is 4.79 Å². The molecule has 23 heavy (non-hydrogen) atoms. The van der Waals surface area contributed by atoms with Gasteiger partial charge in [0, 0.05) is 16.6 Å². The fourth-order valence-electron chi connectivity index (χ4n) is 2.80. The largest absolute Gasteiger partial charge is 0.464 e. The van der Waals surface area contributed by atoms with E-state index >= 15 is 0 Å². The van der Waals surface area contributed by atoms with Crippen molar-refractivity contribution in [3.63, 3.8) is 0 Å². The summed E-state index contributed by atoms with van der Waals surface area (Å²) < 4.78 is 6.15. The number of rotatable bonds is 4. The van der Waals surface area contributed by atoms with Crippen molar-refractivity contribution in [3.05, 3.63) is 69.7 Å². The Labute approximate surface area is 143 Å². The summed E-state index contributed by atoms with van der Waals surface area (Å²) >= 11 is 3.39. The molecule has 0 saturated heterocycles. The summed E-state index contributed by atoms with van der Waals surface area (Å²) in [4.78, 5) is 26.7. The minimum atomic E-state index is -0.678. The van der Waals surface area contributed by atoms with Crippen molar-refractivity contribution < 1.29 is 14.3 Å². The maximum atomic E-state index is 12.7. The van der Waals surface area contributed by atoms with Crippen molar-refractivity contribution in [2.24, 2.45) is 0 Å². The molecule has 1 aliphatic rings. The topological polar surface area (TPSA) is 46.6 Å². The second-order valence-corrected chi connectivity index (χ2v) is 6.22. The molecule has 3 rings (SSSR count). The van der Waals surface area contributed by atoms with Gasteiger partial charge in [0.25, 0.3) is 5.91 Å². The molecular weight excluding hydrogens is 358 g/mol. The molecule has 118 valence electrons. The van der Waals surface area contributed by atoms with E-state index < -0.39 is 6.04 Å². The van der Waals surface area contributed by atoms with E-state index in [0.717, 1.165) is 10.0 Å². The molecule has 1 aliphatic heterocycles. The zero-order chi connectivity index (χ0) is 16.4. The molecule has 0 N–H and O–H groups in total. The second-order valence-electron chi connectivity index (χ2n) is 5.30. The van der Waals surface area contributed by atoms with Crippen LogP contribution in [-0.2, 0) is 16.1 Å². The Morgan fingerprint density at radius 1 is 1.17 bits per heavy atom. The highest BCUT2D eigenvalue weighted by Crippen LogP contribution is 2.35. The monoisotopic (exact) mass is 373 g/mol. The van der Waals surface area contributed by atoms with Crippen LogP contribution in [0.1, 0.15) is 34.5 Å². The minimum absolute atomic E-state index is 0.137. The van der Waals surface area contributed by atoms with Crippen LogP contribution in [0.15, 0.2) is 53.0 Å². The van der Waals surface area contributed by atoms with Gasteiger partial charge in [0.05, 0.1) is 6.61 Å². The Bertz CT molecular complexity index is 742. The van der Waals surface area contributed by atoms with Gasteiger partial charge >= 0.3 is 5.97 Å². The average molecular weight is 374 g/mol. The summed E-state index contributed by atoms with van der Waals surface area (Å²) in [5.41, 5.74) is 2.25. The van der Waals surface area contributed by atoms with Crippen LogP contribution in [0, 0.1) is 0 Å². The van der Waals surface area contributed by atoms with Crippen LogP contribution in [-0.4, -0.2) is 23.4 Å². The van der Waals surface area contributed by atoms with Crippen molar-refractivity contribution in [2.45, 2.75) is 19.5 Å². The summed E-state index contributed by atoms with van der Waals surface area (Å²) in [5.74, 6) is -0.524. The molecule has 0 aliphatic carbocycles. The number of carbonyl (C=O) groups excluding carboxylic acids is 2. The molecule has 1 unspecified atom stereocenters. The minimum Gasteiger partial charge on any atom is -0.464 e. The second kappa shape index (κ2) is 6.54. The number of amides is 1.